The summed E-state index contributed by atoms with van der Waals surface area (Å²) in [6.07, 6.45) is 0. The molecule has 4 heteroatoms. The quantitative estimate of drug-likeness (QED) is 0.504. The van der Waals surface area contributed by atoms with Crippen molar-refractivity contribution in [2.24, 2.45) is 4.99 Å². The van der Waals surface area contributed by atoms with Gasteiger partial charge in [-0.15, -0.1) is 0 Å². The summed E-state index contributed by atoms with van der Waals surface area (Å²) in [5.74, 6) is 0. The van der Waals surface area contributed by atoms with Gasteiger partial charge in [-0.05, 0) is 24.2 Å². The third-order valence-corrected chi connectivity index (χ3v) is 1.56. The topological polar surface area (TPSA) is 24.4 Å². The molecule has 0 aliphatic heterocycles. The van der Waals surface area contributed by atoms with Crippen molar-refractivity contribution in [1.82, 2.24) is 0 Å². The van der Waals surface area contributed by atoms with Crippen molar-refractivity contribution in [3.8, 4) is 0 Å². The minimum Gasteiger partial charge on any atom is -0.743 e. The van der Waals surface area contributed by atoms with Gasteiger partial charge in [0.15, 0.2) is 0 Å². The average Bonchev–Trinajstić information content (AvgIpc) is 2.06. The largest absolute Gasteiger partial charge is 0.743 e. The normalized spacial score (nSPS) is 10.4. The van der Waals surface area contributed by atoms with E-state index in [9.17, 15) is 0 Å². The van der Waals surface area contributed by atoms with Gasteiger partial charge in [0, 0.05) is 44.9 Å². The van der Waals surface area contributed by atoms with Gasteiger partial charge in [-0.3, -0.25) is 4.99 Å². The summed E-state index contributed by atoms with van der Waals surface area (Å²) >= 11 is 4.96. The van der Waals surface area contributed by atoms with Crippen LogP contribution in [0.15, 0.2) is 35.3 Å². The predicted molar refractivity (Wildman–Crippen MR) is 55.4 cm³/mol. The van der Waals surface area contributed by atoms with Crippen LogP contribution >= 0.6 is 0 Å². The number of aliphatic imine (C=N–C) groups is 1. The van der Waals surface area contributed by atoms with Crippen LogP contribution in [0.5, 0.6) is 0 Å². The van der Waals surface area contributed by atoms with Gasteiger partial charge < -0.3 is 17.9 Å². The van der Waals surface area contributed by atoms with E-state index in [1.807, 2.05) is 37.3 Å². The molecule has 1 N–H and O–H groups in total. The van der Waals surface area contributed by atoms with Crippen LogP contribution in [-0.4, -0.2) is 11.7 Å². The Morgan fingerprint density at radius 1 is 1.38 bits per heavy atom. The monoisotopic (exact) mass is 268 g/mol. The Morgan fingerprint density at radius 3 is 2.54 bits per heavy atom. The molecule has 1 aromatic rings. The number of benzene rings is 1. The number of para-hydroxylation sites is 1. The molecule has 1 radical (unpaired) electrons. The van der Waals surface area contributed by atoms with Crippen LogP contribution < -0.4 is 5.32 Å². The van der Waals surface area contributed by atoms with Crippen molar-refractivity contribution in [1.29, 1.82) is 0 Å². The maximum atomic E-state index is 4.96. The van der Waals surface area contributed by atoms with E-state index < -0.39 is 0 Å². The fraction of sp³-hybridized carbons (Fsp3) is 0.222. The van der Waals surface area contributed by atoms with Crippen molar-refractivity contribution >= 4 is 23.5 Å². The summed E-state index contributed by atoms with van der Waals surface area (Å²) in [5.41, 5.74) is 0.986. The summed E-state index contributed by atoms with van der Waals surface area (Å²) in [6.45, 7) is 2.68. The van der Waals surface area contributed by atoms with Gasteiger partial charge in [0.05, 0.1) is 0 Å². The number of hydrogen-bond donors (Lipinski definition) is 1. The predicted octanol–water partition coefficient (Wildman–Crippen LogP) is 2.02. The fourth-order valence-corrected chi connectivity index (χ4v) is 1.08. The molecule has 0 aliphatic rings. The molecule has 2 nitrogen and oxygen atoms in total. The average molecular weight is 268 g/mol. The Bertz CT molecular complexity index is 262. The Hall–Kier alpha value is 0.0139. The molecule has 13 heavy (non-hydrogen) atoms. The molecule has 0 aliphatic carbocycles. The molecule has 0 atom stereocenters. The van der Waals surface area contributed by atoms with Gasteiger partial charge >= 0.3 is 0 Å². The molecule has 1 rings (SSSR count). The number of nitrogens with one attached hydrogen (secondary N) is 1. The van der Waals surface area contributed by atoms with Crippen molar-refractivity contribution in [2.75, 3.05) is 11.9 Å². The summed E-state index contributed by atoms with van der Waals surface area (Å²) in [4.78, 5) is 4.04. The van der Waals surface area contributed by atoms with Crippen molar-refractivity contribution in [3.05, 3.63) is 30.3 Å². The summed E-state index contributed by atoms with van der Waals surface area (Å²) < 4.78 is 0. The van der Waals surface area contributed by atoms with Gasteiger partial charge in [0.2, 0.25) is 0 Å². The molecule has 0 amide bonds. The summed E-state index contributed by atoms with van der Waals surface area (Å²) in [5, 5.41) is 3.55. The molecule has 67 valence electrons. The van der Waals surface area contributed by atoms with Crippen molar-refractivity contribution < 1.29 is 32.7 Å². The Balaban J connectivity index is 0.00000144. The Labute approximate surface area is 110 Å². The van der Waals surface area contributed by atoms with E-state index in [4.69, 9.17) is 12.6 Å². The molecule has 0 bridgehead atoms. The third kappa shape index (κ3) is 5.34. The second-order valence-corrected chi connectivity index (χ2v) is 2.66. The molecule has 0 aromatic heterocycles. The van der Waals surface area contributed by atoms with Crippen molar-refractivity contribution in [2.45, 2.75) is 6.92 Å². The minimum absolute atomic E-state index is 0. The van der Waals surface area contributed by atoms with Crippen LogP contribution in [0.25, 0.3) is 0 Å². The van der Waals surface area contributed by atoms with Crippen LogP contribution in [0.4, 0.5) is 5.69 Å². The second-order valence-electron chi connectivity index (χ2n) is 2.27. The third-order valence-electron chi connectivity index (χ3n) is 1.33. The summed E-state index contributed by atoms with van der Waals surface area (Å²) in [6, 6.07) is 9.79. The van der Waals surface area contributed by atoms with Crippen LogP contribution in [0, 0.1) is 0 Å². The number of anilines is 1. The van der Waals surface area contributed by atoms with E-state index >= 15 is 0 Å². The van der Waals surface area contributed by atoms with Crippen molar-refractivity contribution in [3.63, 3.8) is 0 Å². The molecule has 0 saturated carbocycles. The molecular weight excluding hydrogens is 257 g/mol. The van der Waals surface area contributed by atoms with Crippen LogP contribution in [0.2, 0.25) is 0 Å². The SMILES string of the molecule is CCN=C([S-])Nc1ccccc1.[Y]. The van der Waals surface area contributed by atoms with Gasteiger partial charge in [-0.2, -0.15) is 0 Å². The van der Waals surface area contributed by atoms with Crippen LogP contribution in [0.1, 0.15) is 6.92 Å². The Kier molecular flexibility index (Phi) is 7.43. The summed E-state index contributed by atoms with van der Waals surface area (Å²) in [7, 11) is 0. The number of nitrogens with zero attached hydrogens (tertiary/aromatic N) is 1. The van der Waals surface area contributed by atoms with E-state index in [1.54, 1.807) is 0 Å². The number of amidine groups is 1. The molecule has 1 aromatic carbocycles. The molecule has 0 saturated heterocycles. The zero-order valence-electron chi connectivity index (χ0n) is 7.53. The number of rotatable bonds is 2. The smallest absolute Gasteiger partial charge is 0.0379 e. The standard InChI is InChI=1S/C9H12N2S.Y/c1-2-10-9(12)11-8-6-4-3-5-7-8;/h3-7H,2H2,1H3,(H2,10,11,12);/p-1. The van der Waals surface area contributed by atoms with Gasteiger partial charge in [-0.1, -0.05) is 18.2 Å². The van der Waals surface area contributed by atoms with E-state index in [-0.39, 0.29) is 32.7 Å². The van der Waals surface area contributed by atoms with Gasteiger partial charge in [-0.25, -0.2) is 0 Å². The zero-order chi connectivity index (χ0) is 8.81. The number of hydrogen-bond acceptors (Lipinski definition) is 2. The molecule has 0 fully saturated rings. The molecular formula is C9H11N2SY-. The first kappa shape index (κ1) is 13.0. The van der Waals surface area contributed by atoms with Crippen LogP contribution in [-0.2, 0) is 45.3 Å². The first-order valence-corrected chi connectivity index (χ1v) is 4.27. The van der Waals surface area contributed by atoms with E-state index in [1.165, 1.54) is 0 Å². The van der Waals surface area contributed by atoms with Crippen LogP contribution in [0.3, 0.4) is 0 Å². The maximum absolute atomic E-state index is 4.96. The second kappa shape index (κ2) is 7.42. The first-order valence-electron chi connectivity index (χ1n) is 3.86. The van der Waals surface area contributed by atoms with E-state index in [0.29, 0.717) is 5.17 Å². The zero-order valence-corrected chi connectivity index (χ0v) is 11.2. The first-order chi connectivity index (χ1) is 5.83. The van der Waals surface area contributed by atoms with Gasteiger partial charge in [0.25, 0.3) is 0 Å². The maximum Gasteiger partial charge on any atom is 0.0379 e. The van der Waals surface area contributed by atoms with Gasteiger partial charge in [0.1, 0.15) is 0 Å². The Morgan fingerprint density at radius 2 is 2.00 bits per heavy atom. The van der Waals surface area contributed by atoms with E-state index in [2.05, 4.69) is 10.3 Å². The minimum atomic E-state index is 0. The van der Waals surface area contributed by atoms with E-state index in [0.717, 1.165) is 12.2 Å². The molecule has 0 heterocycles. The molecule has 0 unspecified atom stereocenters. The fourth-order valence-electron chi connectivity index (χ4n) is 0.828. The molecule has 0 spiro atoms.